The zero-order valence-electron chi connectivity index (χ0n) is 15.5. The Morgan fingerprint density at radius 1 is 1.00 bits per heavy atom. The predicted octanol–water partition coefficient (Wildman–Crippen LogP) is 4.89. The second-order valence-corrected chi connectivity index (χ2v) is 6.92. The summed E-state index contributed by atoms with van der Waals surface area (Å²) in [6.45, 7) is 0.912. The van der Waals surface area contributed by atoms with Crippen molar-refractivity contribution < 1.29 is 22.4 Å². The van der Waals surface area contributed by atoms with Gasteiger partial charge in [-0.05, 0) is 23.8 Å². The van der Waals surface area contributed by atoms with Gasteiger partial charge in [0.2, 0.25) is 5.82 Å². The SMILES string of the molecule is FC(F)(F)c1cccc(-c2noc(-c3cc4n(n3)C[C@@H](c3ccccc3)OC4)n2)c1. The Morgan fingerprint density at radius 3 is 2.63 bits per heavy atom. The summed E-state index contributed by atoms with van der Waals surface area (Å²) in [5.74, 6) is 0.209. The van der Waals surface area contributed by atoms with Gasteiger partial charge in [0.15, 0.2) is 5.69 Å². The van der Waals surface area contributed by atoms with Crippen LogP contribution < -0.4 is 0 Å². The van der Waals surface area contributed by atoms with Crippen molar-refractivity contribution in [1.82, 2.24) is 19.9 Å². The molecule has 2 aromatic carbocycles. The summed E-state index contributed by atoms with van der Waals surface area (Å²) in [5, 5.41) is 8.34. The number of hydrogen-bond acceptors (Lipinski definition) is 5. The number of halogens is 3. The molecule has 0 amide bonds. The number of alkyl halides is 3. The predicted molar refractivity (Wildman–Crippen MR) is 99.9 cm³/mol. The first kappa shape index (κ1) is 18.6. The average molecular weight is 412 g/mol. The number of nitrogens with zero attached hydrogens (tertiary/aromatic N) is 4. The summed E-state index contributed by atoms with van der Waals surface area (Å²) < 4.78 is 51.9. The van der Waals surface area contributed by atoms with E-state index in [9.17, 15) is 13.2 Å². The Labute approximate surface area is 168 Å². The third kappa shape index (κ3) is 3.48. The molecule has 0 unspecified atom stereocenters. The van der Waals surface area contributed by atoms with E-state index >= 15 is 0 Å². The summed E-state index contributed by atoms with van der Waals surface area (Å²) in [6, 6.07) is 16.4. The molecule has 0 aliphatic carbocycles. The van der Waals surface area contributed by atoms with Crippen LogP contribution in [-0.4, -0.2) is 19.9 Å². The van der Waals surface area contributed by atoms with Crippen LogP contribution in [0.5, 0.6) is 0 Å². The van der Waals surface area contributed by atoms with Crippen LogP contribution in [0.4, 0.5) is 13.2 Å². The van der Waals surface area contributed by atoms with Gasteiger partial charge in [-0.2, -0.15) is 23.3 Å². The zero-order valence-corrected chi connectivity index (χ0v) is 15.5. The molecule has 30 heavy (non-hydrogen) atoms. The van der Waals surface area contributed by atoms with Crippen molar-refractivity contribution in [2.45, 2.75) is 25.4 Å². The normalized spacial score (nSPS) is 16.4. The highest BCUT2D eigenvalue weighted by Gasteiger charge is 2.31. The smallest absolute Gasteiger partial charge is 0.365 e. The molecule has 1 aliphatic heterocycles. The molecule has 152 valence electrons. The number of ether oxygens (including phenoxy) is 1. The third-order valence-electron chi connectivity index (χ3n) is 4.90. The molecule has 0 spiro atoms. The summed E-state index contributed by atoms with van der Waals surface area (Å²) in [6.07, 6.45) is -4.56. The van der Waals surface area contributed by atoms with E-state index < -0.39 is 11.7 Å². The van der Waals surface area contributed by atoms with Crippen LogP contribution in [-0.2, 0) is 24.1 Å². The first-order valence-electron chi connectivity index (χ1n) is 9.22. The quantitative estimate of drug-likeness (QED) is 0.479. The van der Waals surface area contributed by atoms with Crippen molar-refractivity contribution >= 4 is 0 Å². The monoisotopic (exact) mass is 412 g/mol. The Hall–Kier alpha value is -3.46. The largest absolute Gasteiger partial charge is 0.416 e. The van der Waals surface area contributed by atoms with Crippen molar-refractivity contribution in [2.75, 3.05) is 0 Å². The van der Waals surface area contributed by atoms with Gasteiger partial charge in [-0.3, -0.25) is 4.68 Å². The highest BCUT2D eigenvalue weighted by molar-refractivity contribution is 5.59. The maximum Gasteiger partial charge on any atom is 0.416 e. The van der Waals surface area contributed by atoms with Crippen molar-refractivity contribution in [3.8, 4) is 23.0 Å². The Bertz CT molecular complexity index is 1180. The number of fused-ring (bicyclic) bond motifs is 1. The number of hydrogen-bond donors (Lipinski definition) is 0. The Kier molecular flexibility index (Phi) is 4.39. The molecular formula is C21H15F3N4O2. The van der Waals surface area contributed by atoms with Gasteiger partial charge >= 0.3 is 6.18 Å². The molecule has 0 bridgehead atoms. The van der Waals surface area contributed by atoms with Crippen LogP contribution in [0.15, 0.2) is 65.2 Å². The van der Waals surface area contributed by atoms with E-state index in [1.807, 2.05) is 35.0 Å². The fraction of sp³-hybridized carbons (Fsp3) is 0.190. The van der Waals surface area contributed by atoms with Crippen molar-refractivity contribution in [1.29, 1.82) is 0 Å². The maximum atomic E-state index is 13.0. The summed E-state index contributed by atoms with van der Waals surface area (Å²) in [5.41, 5.74) is 1.82. The van der Waals surface area contributed by atoms with Crippen LogP contribution in [0.3, 0.4) is 0 Å². The number of aromatic nitrogens is 4. The topological polar surface area (TPSA) is 66.0 Å². The molecule has 0 saturated heterocycles. The van der Waals surface area contributed by atoms with E-state index in [0.29, 0.717) is 18.8 Å². The van der Waals surface area contributed by atoms with E-state index in [-0.39, 0.29) is 23.4 Å². The van der Waals surface area contributed by atoms with Gasteiger partial charge in [-0.25, -0.2) is 0 Å². The molecule has 0 fully saturated rings. The zero-order chi connectivity index (χ0) is 20.7. The van der Waals surface area contributed by atoms with Gasteiger partial charge in [0, 0.05) is 5.56 Å². The van der Waals surface area contributed by atoms with Crippen LogP contribution in [0.1, 0.15) is 22.9 Å². The highest BCUT2D eigenvalue weighted by atomic mass is 19.4. The summed E-state index contributed by atoms with van der Waals surface area (Å²) in [4.78, 5) is 4.23. The third-order valence-corrected chi connectivity index (χ3v) is 4.90. The van der Waals surface area contributed by atoms with Crippen LogP contribution in [0.25, 0.3) is 23.0 Å². The fourth-order valence-corrected chi connectivity index (χ4v) is 3.38. The molecule has 2 aromatic heterocycles. The van der Waals surface area contributed by atoms with E-state index in [1.165, 1.54) is 12.1 Å². The Balaban J connectivity index is 1.40. The van der Waals surface area contributed by atoms with Crippen LogP contribution >= 0.6 is 0 Å². The molecule has 6 nitrogen and oxygen atoms in total. The van der Waals surface area contributed by atoms with E-state index in [0.717, 1.165) is 23.4 Å². The molecular weight excluding hydrogens is 397 g/mol. The number of benzene rings is 2. The van der Waals surface area contributed by atoms with Gasteiger partial charge in [0.25, 0.3) is 5.89 Å². The summed E-state index contributed by atoms with van der Waals surface area (Å²) in [7, 11) is 0. The lowest BCUT2D eigenvalue weighted by Crippen LogP contribution is -2.21. The molecule has 0 saturated carbocycles. The molecule has 1 atom stereocenters. The van der Waals surface area contributed by atoms with Crippen molar-refractivity contribution in [3.05, 3.63) is 77.5 Å². The van der Waals surface area contributed by atoms with Crippen LogP contribution in [0.2, 0.25) is 0 Å². The molecule has 0 radical (unpaired) electrons. The second kappa shape index (κ2) is 7.10. The fourth-order valence-electron chi connectivity index (χ4n) is 3.38. The van der Waals surface area contributed by atoms with E-state index in [2.05, 4.69) is 15.2 Å². The lowest BCUT2D eigenvalue weighted by molar-refractivity contribution is -0.137. The minimum absolute atomic E-state index is 0.0699. The van der Waals surface area contributed by atoms with Crippen molar-refractivity contribution in [2.24, 2.45) is 0 Å². The van der Waals surface area contributed by atoms with Gasteiger partial charge < -0.3 is 9.26 Å². The molecule has 5 rings (SSSR count). The first-order chi connectivity index (χ1) is 14.5. The molecule has 0 N–H and O–H groups in total. The highest BCUT2D eigenvalue weighted by Crippen LogP contribution is 2.32. The first-order valence-corrected chi connectivity index (χ1v) is 9.22. The minimum atomic E-state index is -4.44. The lowest BCUT2D eigenvalue weighted by Gasteiger charge is -2.24. The molecule has 1 aliphatic rings. The van der Waals surface area contributed by atoms with Crippen LogP contribution in [0, 0.1) is 0 Å². The minimum Gasteiger partial charge on any atom is -0.365 e. The van der Waals surface area contributed by atoms with E-state index in [4.69, 9.17) is 9.26 Å². The van der Waals surface area contributed by atoms with Gasteiger partial charge in [0.05, 0.1) is 24.4 Å². The summed E-state index contributed by atoms with van der Waals surface area (Å²) >= 11 is 0. The maximum absolute atomic E-state index is 13.0. The Morgan fingerprint density at radius 2 is 1.83 bits per heavy atom. The molecule has 3 heterocycles. The lowest BCUT2D eigenvalue weighted by atomic mass is 10.1. The molecule has 4 aromatic rings. The number of rotatable bonds is 3. The van der Waals surface area contributed by atoms with Gasteiger partial charge in [0.1, 0.15) is 6.10 Å². The van der Waals surface area contributed by atoms with E-state index in [1.54, 1.807) is 6.07 Å². The second-order valence-electron chi connectivity index (χ2n) is 6.92. The van der Waals surface area contributed by atoms with Gasteiger partial charge in [-0.1, -0.05) is 47.6 Å². The van der Waals surface area contributed by atoms with Crippen molar-refractivity contribution in [3.63, 3.8) is 0 Å². The molecule has 9 heteroatoms. The van der Waals surface area contributed by atoms with Gasteiger partial charge in [-0.15, -0.1) is 0 Å². The average Bonchev–Trinajstić information content (AvgIpc) is 3.40. The standard InChI is InChI=1S/C21H15F3N4O2/c22-21(23,24)15-8-4-7-14(9-15)19-25-20(30-27-19)17-10-16-12-29-18(11-28(16)26-17)13-5-2-1-3-6-13/h1-10,18H,11-12H2/t18-/m0/s1.